The van der Waals surface area contributed by atoms with Gasteiger partial charge in [-0.2, -0.15) is 0 Å². The van der Waals surface area contributed by atoms with Gasteiger partial charge < -0.3 is 0 Å². The maximum Gasteiger partial charge on any atom is 0.164 e. The van der Waals surface area contributed by atoms with Crippen molar-refractivity contribution in [3.05, 3.63) is 34.1 Å². The lowest BCUT2D eigenvalue weighted by Gasteiger charge is -2.07. The third-order valence-electron chi connectivity index (χ3n) is 2.14. The maximum atomic E-state index is 13.1. The van der Waals surface area contributed by atoms with Gasteiger partial charge in [0.05, 0.1) is 5.02 Å². The molecule has 1 aromatic rings. The summed E-state index contributed by atoms with van der Waals surface area (Å²) in [5.74, 6) is -0.127. The average Bonchev–Trinajstić information content (AvgIpc) is 2.09. The van der Waals surface area contributed by atoms with Crippen molar-refractivity contribution in [2.24, 2.45) is 5.92 Å². The molecule has 0 heterocycles. The first-order valence-electron chi connectivity index (χ1n) is 4.90. The summed E-state index contributed by atoms with van der Waals surface area (Å²) in [5.41, 5.74) is 0.871. The van der Waals surface area contributed by atoms with Crippen molar-refractivity contribution in [1.82, 2.24) is 0 Å². The molecule has 0 atom stereocenters. The minimum Gasteiger partial charge on any atom is -0.294 e. The Morgan fingerprint density at radius 3 is 2.60 bits per heavy atom. The quantitative estimate of drug-likeness (QED) is 0.715. The highest BCUT2D eigenvalue weighted by Crippen LogP contribution is 2.22. The number of hydrogen-bond donors (Lipinski definition) is 0. The van der Waals surface area contributed by atoms with E-state index in [1.54, 1.807) is 6.92 Å². The molecule has 0 aliphatic heterocycles. The Kier molecular flexibility index (Phi) is 3.86. The van der Waals surface area contributed by atoms with Gasteiger partial charge in [0.2, 0.25) is 0 Å². The van der Waals surface area contributed by atoms with Gasteiger partial charge in [0, 0.05) is 12.0 Å². The molecular weight excluding hydrogens is 215 g/mol. The van der Waals surface area contributed by atoms with Crippen molar-refractivity contribution in [3.63, 3.8) is 0 Å². The summed E-state index contributed by atoms with van der Waals surface area (Å²) in [6.45, 7) is 5.54. The fourth-order valence-electron chi connectivity index (χ4n) is 1.35. The molecule has 15 heavy (non-hydrogen) atoms. The van der Waals surface area contributed by atoms with Crippen molar-refractivity contribution >= 4 is 17.4 Å². The predicted octanol–water partition coefficient (Wildman–Crippen LogP) is 4.02. The molecule has 0 radical (unpaired) electrons. The third-order valence-corrected chi connectivity index (χ3v) is 2.46. The first kappa shape index (κ1) is 12.2. The van der Waals surface area contributed by atoms with Crippen LogP contribution in [-0.2, 0) is 0 Å². The maximum absolute atomic E-state index is 13.1. The van der Waals surface area contributed by atoms with Crippen LogP contribution in [0, 0.1) is 18.7 Å². The molecule has 0 amide bonds. The molecule has 0 spiro atoms. The van der Waals surface area contributed by atoms with Crippen LogP contribution in [0.2, 0.25) is 5.02 Å². The number of aryl methyl sites for hydroxylation is 1. The van der Waals surface area contributed by atoms with E-state index >= 15 is 0 Å². The van der Waals surface area contributed by atoms with E-state index in [0.29, 0.717) is 17.5 Å². The molecule has 0 aromatic heterocycles. The summed E-state index contributed by atoms with van der Waals surface area (Å²) in [7, 11) is 0. The van der Waals surface area contributed by atoms with Gasteiger partial charge in [-0.05, 0) is 30.5 Å². The fourth-order valence-corrected chi connectivity index (χ4v) is 1.61. The zero-order valence-corrected chi connectivity index (χ0v) is 9.86. The molecule has 1 aromatic carbocycles. The minimum absolute atomic E-state index is 0.0295. The number of halogens is 2. The zero-order chi connectivity index (χ0) is 11.6. The van der Waals surface area contributed by atoms with Gasteiger partial charge in [0.1, 0.15) is 5.82 Å². The SMILES string of the molecule is Cc1cc(C(=O)CC(C)C)c(Cl)cc1F. The lowest BCUT2D eigenvalue weighted by molar-refractivity contribution is 0.0968. The molecule has 0 saturated heterocycles. The Balaban J connectivity index is 3.04. The average molecular weight is 229 g/mol. The second kappa shape index (κ2) is 4.75. The lowest BCUT2D eigenvalue weighted by atomic mass is 10.00. The summed E-state index contributed by atoms with van der Waals surface area (Å²) in [5, 5.41) is 0.198. The van der Waals surface area contributed by atoms with E-state index in [0.717, 1.165) is 0 Å². The Morgan fingerprint density at radius 2 is 2.07 bits per heavy atom. The standard InChI is InChI=1S/C12H14ClFO/c1-7(2)4-12(15)9-5-8(3)11(14)6-10(9)13/h5-7H,4H2,1-3H3. The number of rotatable bonds is 3. The molecule has 1 rings (SSSR count). The molecule has 0 N–H and O–H groups in total. The van der Waals surface area contributed by atoms with E-state index in [1.807, 2.05) is 13.8 Å². The van der Waals surface area contributed by atoms with E-state index in [2.05, 4.69) is 0 Å². The largest absolute Gasteiger partial charge is 0.294 e. The Bertz CT molecular complexity index is 385. The first-order chi connectivity index (χ1) is 6.91. The van der Waals surface area contributed by atoms with Gasteiger partial charge in [-0.1, -0.05) is 25.4 Å². The summed E-state index contributed by atoms with van der Waals surface area (Å²) >= 11 is 5.82. The number of carbonyl (C=O) groups excluding carboxylic acids is 1. The third kappa shape index (κ3) is 3.03. The fraction of sp³-hybridized carbons (Fsp3) is 0.417. The van der Waals surface area contributed by atoms with Gasteiger partial charge in [0.25, 0.3) is 0 Å². The summed E-state index contributed by atoms with van der Waals surface area (Å²) < 4.78 is 13.1. The normalized spacial score (nSPS) is 10.8. The highest BCUT2D eigenvalue weighted by atomic mass is 35.5. The monoisotopic (exact) mass is 228 g/mol. The van der Waals surface area contributed by atoms with Crippen LogP contribution in [0.3, 0.4) is 0 Å². The van der Waals surface area contributed by atoms with Crippen molar-refractivity contribution in [2.45, 2.75) is 27.2 Å². The second-order valence-electron chi connectivity index (χ2n) is 4.10. The van der Waals surface area contributed by atoms with Crippen LogP contribution in [-0.4, -0.2) is 5.78 Å². The topological polar surface area (TPSA) is 17.1 Å². The van der Waals surface area contributed by atoms with Crippen molar-refractivity contribution in [1.29, 1.82) is 0 Å². The Labute approximate surface area is 94.3 Å². The number of Topliss-reactive ketones (excluding diaryl/α,β-unsaturated/α-hetero) is 1. The lowest BCUT2D eigenvalue weighted by Crippen LogP contribution is -2.05. The van der Waals surface area contributed by atoms with Gasteiger partial charge in [-0.15, -0.1) is 0 Å². The number of hydrogen-bond acceptors (Lipinski definition) is 1. The van der Waals surface area contributed by atoms with Crippen molar-refractivity contribution in [2.75, 3.05) is 0 Å². The van der Waals surface area contributed by atoms with Crippen LogP contribution in [0.25, 0.3) is 0 Å². The number of ketones is 1. The first-order valence-corrected chi connectivity index (χ1v) is 5.28. The molecule has 0 bridgehead atoms. The van der Waals surface area contributed by atoms with Gasteiger partial charge in [0.15, 0.2) is 5.78 Å². The number of carbonyl (C=O) groups is 1. The minimum atomic E-state index is -0.374. The van der Waals surface area contributed by atoms with E-state index in [4.69, 9.17) is 11.6 Å². The van der Waals surface area contributed by atoms with Crippen LogP contribution in [0.1, 0.15) is 36.2 Å². The van der Waals surface area contributed by atoms with Crippen molar-refractivity contribution in [3.8, 4) is 0 Å². The van der Waals surface area contributed by atoms with E-state index < -0.39 is 0 Å². The highest BCUT2D eigenvalue weighted by Gasteiger charge is 2.14. The smallest absolute Gasteiger partial charge is 0.164 e. The van der Waals surface area contributed by atoms with E-state index in [1.165, 1.54) is 12.1 Å². The second-order valence-corrected chi connectivity index (χ2v) is 4.51. The highest BCUT2D eigenvalue weighted by molar-refractivity contribution is 6.34. The molecule has 0 unspecified atom stereocenters. The molecule has 0 aliphatic carbocycles. The van der Waals surface area contributed by atoms with Crippen molar-refractivity contribution < 1.29 is 9.18 Å². The molecule has 3 heteroatoms. The van der Waals surface area contributed by atoms with Gasteiger partial charge in [-0.3, -0.25) is 4.79 Å². The molecule has 0 saturated carbocycles. The molecule has 82 valence electrons. The number of benzene rings is 1. The molecule has 0 fully saturated rings. The zero-order valence-electron chi connectivity index (χ0n) is 9.10. The molecular formula is C12H14ClFO. The molecule has 0 aliphatic rings. The van der Waals surface area contributed by atoms with E-state index in [9.17, 15) is 9.18 Å². The van der Waals surface area contributed by atoms with Crippen LogP contribution in [0.5, 0.6) is 0 Å². The predicted molar refractivity (Wildman–Crippen MR) is 59.9 cm³/mol. The van der Waals surface area contributed by atoms with Crippen LogP contribution in [0.15, 0.2) is 12.1 Å². The van der Waals surface area contributed by atoms with Crippen LogP contribution < -0.4 is 0 Å². The van der Waals surface area contributed by atoms with Crippen LogP contribution >= 0.6 is 11.6 Å². The molecule has 1 nitrogen and oxygen atoms in total. The Morgan fingerprint density at radius 1 is 1.47 bits per heavy atom. The van der Waals surface area contributed by atoms with E-state index in [-0.39, 0.29) is 22.5 Å². The van der Waals surface area contributed by atoms with Crippen LogP contribution in [0.4, 0.5) is 4.39 Å². The Hall–Kier alpha value is -0.890. The summed E-state index contributed by atoms with van der Waals surface area (Å²) in [6, 6.07) is 2.72. The van der Waals surface area contributed by atoms with Gasteiger partial charge >= 0.3 is 0 Å². The summed E-state index contributed by atoms with van der Waals surface area (Å²) in [4.78, 5) is 11.7. The summed E-state index contributed by atoms with van der Waals surface area (Å²) in [6.07, 6.45) is 0.435. The van der Waals surface area contributed by atoms with Gasteiger partial charge in [-0.25, -0.2) is 4.39 Å².